The molecule has 0 spiro atoms. The Morgan fingerprint density at radius 1 is 1.04 bits per heavy atom. The Hall–Kier alpha value is -2.10. The summed E-state index contributed by atoms with van der Waals surface area (Å²) < 4.78 is 0. The van der Waals surface area contributed by atoms with E-state index in [0.29, 0.717) is 5.92 Å². The highest BCUT2D eigenvalue weighted by Gasteiger charge is 2.48. The van der Waals surface area contributed by atoms with Crippen LogP contribution in [-0.4, -0.2) is 17.0 Å². The van der Waals surface area contributed by atoms with Gasteiger partial charge in [-0.2, -0.15) is 0 Å². The minimum atomic E-state index is -0.862. The molecule has 0 aliphatic heterocycles. The Morgan fingerprint density at radius 2 is 1.61 bits per heavy atom. The molecular weight excluding hydrogens is 290 g/mol. The van der Waals surface area contributed by atoms with E-state index in [4.69, 9.17) is 0 Å². The van der Waals surface area contributed by atoms with Gasteiger partial charge in [0, 0.05) is 5.69 Å². The lowest BCUT2D eigenvalue weighted by Gasteiger charge is -2.41. The number of hydrogen-bond acceptors (Lipinski definition) is 2. The highest BCUT2D eigenvalue weighted by molar-refractivity contribution is 5.96. The molecule has 1 amide bonds. The summed E-state index contributed by atoms with van der Waals surface area (Å²) in [5.74, 6) is -1.65. The monoisotopic (exact) mass is 313 g/mol. The topological polar surface area (TPSA) is 66.4 Å². The number of allylic oxidation sites excluding steroid dienone is 2. The zero-order valence-corrected chi connectivity index (χ0v) is 13.5. The largest absolute Gasteiger partial charge is 0.481 e. The van der Waals surface area contributed by atoms with Gasteiger partial charge in [0.05, 0.1) is 11.8 Å². The molecule has 4 atom stereocenters. The number of fused-ring (bicyclic) bond motifs is 2. The Balaban J connectivity index is 1.76. The van der Waals surface area contributed by atoms with Crippen LogP contribution in [0.25, 0.3) is 0 Å². The van der Waals surface area contributed by atoms with Crippen LogP contribution in [0.1, 0.15) is 38.2 Å². The van der Waals surface area contributed by atoms with E-state index < -0.39 is 17.8 Å². The lowest BCUT2D eigenvalue weighted by atomic mass is 9.62. The number of amides is 1. The zero-order chi connectivity index (χ0) is 16.6. The molecule has 1 saturated carbocycles. The third-order valence-corrected chi connectivity index (χ3v) is 5.18. The summed E-state index contributed by atoms with van der Waals surface area (Å²) in [5, 5.41) is 12.4. The van der Waals surface area contributed by atoms with Crippen molar-refractivity contribution in [3.05, 3.63) is 42.0 Å². The molecule has 1 aromatic rings. The second kappa shape index (κ2) is 6.19. The number of hydrogen-bond donors (Lipinski definition) is 2. The van der Waals surface area contributed by atoms with Crippen LogP contribution in [0, 0.1) is 23.7 Å². The van der Waals surface area contributed by atoms with Crippen molar-refractivity contribution in [1.29, 1.82) is 0 Å². The standard InChI is InChI=1S/C19H23NO3/c1-11(2)12-7-9-15(10-8-12)20-18(21)16-13-3-5-14(6-4-13)17(16)19(22)23/h3,5,7-11,13-14,16-17H,4,6H2,1-2H3,(H,20,21)(H,22,23)/t13-,14+,16-,17+/m1/s1. The van der Waals surface area contributed by atoms with Crippen LogP contribution < -0.4 is 5.32 Å². The van der Waals surface area contributed by atoms with Gasteiger partial charge in [0.25, 0.3) is 0 Å². The summed E-state index contributed by atoms with van der Waals surface area (Å²) >= 11 is 0. The normalized spacial score (nSPS) is 28.8. The molecule has 2 bridgehead atoms. The van der Waals surface area contributed by atoms with Gasteiger partial charge >= 0.3 is 5.97 Å². The van der Waals surface area contributed by atoms with E-state index in [1.807, 2.05) is 36.4 Å². The van der Waals surface area contributed by atoms with Crippen LogP contribution in [0.3, 0.4) is 0 Å². The Labute approximate surface area is 136 Å². The van der Waals surface area contributed by atoms with E-state index in [0.717, 1.165) is 18.5 Å². The molecular formula is C19H23NO3. The fourth-order valence-corrected chi connectivity index (χ4v) is 3.87. The third kappa shape index (κ3) is 3.03. The molecule has 2 N–H and O–H groups in total. The van der Waals surface area contributed by atoms with Crippen molar-refractivity contribution in [1.82, 2.24) is 0 Å². The number of carboxylic acid groups (broad SMARTS) is 1. The third-order valence-electron chi connectivity index (χ3n) is 5.18. The van der Waals surface area contributed by atoms with E-state index in [1.54, 1.807) is 0 Å². The number of carbonyl (C=O) groups is 2. The number of rotatable bonds is 4. The van der Waals surface area contributed by atoms with Crippen LogP contribution in [0.2, 0.25) is 0 Å². The maximum Gasteiger partial charge on any atom is 0.307 e. The Morgan fingerprint density at radius 3 is 2.09 bits per heavy atom. The Bertz CT molecular complexity index is 633. The van der Waals surface area contributed by atoms with Gasteiger partial charge in [0.15, 0.2) is 0 Å². The molecule has 4 rings (SSSR count). The van der Waals surface area contributed by atoms with Gasteiger partial charge in [-0.1, -0.05) is 38.1 Å². The SMILES string of the molecule is CC(C)c1ccc(NC(=O)[C@H]2[C@@H](C(=O)O)[C@H]3C=C[C@@H]2CC3)cc1. The van der Waals surface area contributed by atoms with E-state index in [9.17, 15) is 14.7 Å². The molecule has 0 aromatic heterocycles. The van der Waals surface area contributed by atoms with Crippen LogP contribution in [-0.2, 0) is 9.59 Å². The quantitative estimate of drug-likeness (QED) is 0.834. The molecule has 4 nitrogen and oxygen atoms in total. The first kappa shape index (κ1) is 15.8. The first-order chi connectivity index (χ1) is 11.0. The van der Waals surface area contributed by atoms with E-state index in [2.05, 4.69) is 19.2 Å². The van der Waals surface area contributed by atoms with Crippen LogP contribution in [0.5, 0.6) is 0 Å². The first-order valence-corrected chi connectivity index (χ1v) is 8.29. The fraction of sp³-hybridized carbons (Fsp3) is 0.474. The molecule has 0 saturated heterocycles. The van der Waals surface area contributed by atoms with E-state index >= 15 is 0 Å². The van der Waals surface area contributed by atoms with Gasteiger partial charge in [-0.25, -0.2) is 0 Å². The summed E-state index contributed by atoms with van der Waals surface area (Å²) in [4.78, 5) is 24.3. The highest BCUT2D eigenvalue weighted by Crippen LogP contribution is 2.45. The average molecular weight is 313 g/mol. The maximum atomic E-state index is 12.7. The first-order valence-electron chi connectivity index (χ1n) is 8.29. The molecule has 4 heteroatoms. The number of nitrogens with one attached hydrogen (secondary N) is 1. The molecule has 0 heterocycles. The van der Waals surface area contributed by atoms with Crippen molar-refractivity contribution in [3.8, 4) is 0 Å². The minimum absolute atomic E-state index is 0.0171. The molecule has 122 valence electrons. The highest BCUT2D eigenvalue weighted by atomic mass is 16.4. The lowest BCUT2D eigenvalue weighted by molar-refractivity contribution is -0.151. The number of benzene rings is 1. The molecule has 1 aromatic carbocycles. The number of anilines is 1. The second-order valence-corrected chi connectivity index (χ2v) is 6.95. The second-order valence-electron chi connectivity index (χ2n) is 6.95. The zero-order valence-electron chi connectivity index (χ0n) is 13.5. The van der Waals surface area contributed by atoms with Crippen molar-refractivity contribution in [2.24, 2.45) is 23.7 Å². The van der Waals surface area contributed by atoms with E-state index in [1.165, 1.54) is 5.56 Å². The smallest absolute Gasteiger partial charge is 0.307 e. The summed E-state index contributed by atoms with van der Waals surface area (Å²) in [5.41, 5.74) is 1.94. The minimum Gasteiger partial charge on any atom is -0.481 e. The summed E-state index contributed by atoms with van der Waals surface area (Å²) in [6.45, 7) is 4.24. The molecule has 3 aliphatic carbocycles. The van der Waals surface area contributed by atoms with Crippen molar-refractivity contribution in [2.75, 3.05) is 5.32 Å². The number of aliphatic carboxylic acids is 1. The van der Waals surface area contributed by atoms with Gasteiger partial charge in [0.2, 0.25) is 5.91 Å². The fourth-order valence-electron chi connectivity index (χ4n) is 3.87. The summed E-state index contributed by atoms with van der Waals surface area (Å²) in [7, 11) is 0. The lowest BCUT2D eigenvalue weighted by Crippen LogP contribution is -2.47. The van der Waals surface area contributed by atoms with Gasteiger partial charge in [0.1, 0.15) is 0 Å². The van der Waals surface area contributed by atoms with Gasteiger partial charge in [-0.3, -0.25) is 9.59 Å². The summed E-state index contributed by atoms with van der Waals surface area (Å²) in [6.07, 6.45) is 5.77. The molecule has 3 aliphatic rings. The number of carboxylic acids is 1. The molecule has 1 fully saturated rings. The Kier molecular flexibility index (Phi) is 4.24. The van der Waals surface area contributed by atoms with Gasteiger partial charge in [-0.15, -0.1) is 0 Å². The molecule has 0 radical (unpaired) electrons. The molecule has 23 heavy (non-hydrogen) atoms. The van der Waals surface area contributed by atoms with Crippen molar-refractivity contribution < 1.29 is 14.7 Å². The maximum absolute atomic E-state index is 12.7. The predicted octanol–water partition coefficient (Wildman–Crippen LogP) is 3.66. The van der Waals surface area contributed by atoms with Crippen molar-refractivity contribution in [3.63, 3.8) is 0 Å². The van der Waals surface area contributed by atoms with Crippen LogP contribution in [0.15, 0.2) is 36.4 Å². The average Bonchev–Trinajstić information content (AvgIpc) is 2.55. The van der Waals surface area contributed by atoms with E-state index in [-0.39, 0.29) is 17.7 Å². The van der Waals surface area contributed by atoms with Gasteiger partial charge in [-0.05, 0) is 48.3 Å². The number of carbonyl (C=O) groups excluding carboxylic acids is 1. The van der Waals surface area contributed by atoms with Crippen molar-refractivity contribution >= 4 is 17.6 Å². The van der Waals surface area contributed by atoms with Gasteiger partial charge < -0.3 is 10.4 Å². The van der Waals surface area contributed by atoms with Crippen LogP contribution >= 0.6 is 0 Å². The molecule has 0 unspecified atom stereocenters. The predicted molar refractivity (Wildman–Crippen MR) is 89.1 cm³/mol. The summed E-state index contributed by atoms with van der Waals surface area (Å²) in [6, 6.07) is 7.78. The van der Waals surface area contributed by atoms with Crippen LogP contribution in [0.4, 0.5) is 5.69 Å². The van der Waals surface area contributed by atoms with Crippen molar-refractivity contribution in [2.45, 2.75) is 32.6 Å².